The highest BCUT2D eigenvalue weighted by atomic mass is 32.1. The maximum Gasteiger partial charge on any atom is 0.443 e. The predicted octanol–water partition coefficient (Wildman–Crippen LogP) is 2.06. The van der Waals surface area contributed by atoms with Crippen LogP contribution in [0.1, 0.15) is 28.8 Å². The lowest BCUT2D eigenvalue weighted by atomic mass is 10.1. The number of fused-ring (bicyclic) bond motifs is 1. The van der Waals surface area contributed by atoms with E-state index in [4.69, 9.17) is 4.74 Å². The molecule has 3 rings (SSSR count). The maximum absolute atomic E-state index is 12.5. The van der Waals surface area contributed by atoms with Gasteiger partial charge in [0.15, 0.2) is 5.01 Å². The van der Waals surface area contributed by atoms with Crippen molar-refractivity contribution in [3.05, 3.63) is 16.1 Å². The van der Waals surface area contributed by atoms with Gasteiger partial charge >= 0.3 is 6.18 Å². The molecule has 2 aliphatic heterocycles. The summed E-state index contributed by atoms with van der Waals surface area (Å²) in [6, 6.07) is 0.394. The number of aromatic nitrogens is 1. The first kappa shape index (κ1) is 14.2. The third-order valence-corrected chi connectivity index (χ3v) is 4.94. The molecular formula is C12H15F3N2O2S. The number of aliphatic hydroxyl groups is 1. The second-order valence-corrected chi connectivity index (χ2v) is 6.24. The molecule has 1 N–H and O–H groups in total. The van der Waals surface area contributed by atoms with Gasteiger partial charge in [0.05, 0.1) is 11.5 Å². The van der Waals surface area contributed by atoms with Crippen LogP contribution in [-0.4, -0.2) is 46.8 Å². The van der Waals surface area contributed by atoms with E-state index >= 15 is 0 Å². The molecular weight excluding hydrogens is 293 g/mol. The number of hydrogen-bond donors (Lipinski definition) is 1. The van der Waals surface area contributed by atoms with Crippen molar-refractivity contribution in [2.75, 3.05) is 19.7 Å². The van der Waals surface area contributed by atoms with Crippen molar-refractivity contribution in [3.8, 4) is 0 Å². The second-order valence-electron chi connectivity index (χ2n) is 5.17. The van der Waals surface area contributed by atoms with Crippen molar-refractivity contribution in [1.29, 1.82) is 0 Å². The maximum atomic E-state index is 12.5. The van der Waals surface area contributed by atoms with Crippen LogP contribution in [0, 0.1) is 0 Å². The van der Waals surface area contributed by atoms with E-state index in [2.05, 4.69) is 9.88 Å². The minimum Gasteiger partial charge on any atom is -0.385 e. The third kappa shape index (κ3) is 2.69. The quantitative estimate of drug-likeness (QED) is 0.908. The van der Waals surface area contributed by atoms with Gasteiger partial charge in [-0.05, 0) is 19.4 Å². The number of nitrogens with zero attached hydrogens (tertiary/aromatic N) is 2. The molecule has 0 bridgehead atoms. The van der Waals surface area contributed by atoms with Crippen molar-refractivity contribution in [2.24, 2.45) is 0 Å². The minimum absolute atomic E-state index is 0.208. The van der Waals surface area contributed by atoms with E-state index in [1.807, 2.05) is 0 Å². The molecule has 8 heteroatoms. The molecule has 3 heterocycles. The number of hydrogen-bond acceptors (Lipinski definition) is 5. The van der Waals surface area contributed by atoms with Crippen LogP contribution in [0.2, 0.25) is 0 Å². The van der Waals surface area contributed by atoms with E-state index in [1.165, 1.54) is 0 Å². The van der Waals surface area contributed by atoms with Crippen molar-refractivity contribution in [2.45, 2.75) is 37.3 Å². The summed E-state index contributed by atoms with van der Waals surface area (Å²) in [6.45, 7) is 2.06. The van der Waals surface area contributed by atoms with Crippen molar-refractivity contribution >= 4 is 11.3 Å². The summed E-state index contributed by atoms with van der Waals surface area (Å²) >= 11 is 0.482. The van der Waals surface area contributed by atoms with Gasteiger partial charge in [0.1, 0.15) is 12.2 Å². The molecule has 4 nitrogen and oxygen atoms in total. The van der Waals surface area contributed by atoms with Gasteiger partial charge in [-0.2, -0.15) is 13.2 Å². The monoisotopic (exact) mass is 308 g/mol. The summed E-state index contributed by atoms with van der Waals surface area (Å²) in [5, 5.41) is 9.27. The lowest BCUT2D eigenvalue weighted by Gasteiger charge is -2.36. The molecule has 112 valence electrons. The fourth-order valence-electron chi connectivity index (χ4n) is 2.77. The summed E-state index contributed by atoms with van der Waals surface area (Å²) in [5.41, 5.74) is 0. The fraction of sp³-hybridized carbons (Fsp3) is 0.750. The molecule has 0 aliphatic carbocycles. The van der Waals surface area contributed by atoms with Gasteiger partial charge in [-0.15, -0.1) is 11.3 Å². The first-order chi connectivity index (χ1) is 9.45. The Morgan fingerprint density at radius 3 is 3.00 bits per heavy atom. The lowest BCUT2D eigenvalue weighted by molar-refractivity contribution is -0.137. The van der Waals surface area contributed by atoms with Crippen molar-refractivity contribution < 1.29 is 23.0 Å². The van der Waals surface area contributed by atoms with E-state index in [1.54, 1.807) is 0 Å². The zero-order valence-electron chi connectivity index (χ0n) is 10.6. The highest BCUT2D eigenvalue weighted by Gasteiger charge is 2.39. The topological polar surface area (TPSA) is 45.6 Å². The van der Waals surface area contributed by atoms with E-state index in [9.17, 15) is 18.3 Å². The van der Waals surface area contributed by atoms with Gasteiger partial charge in [0, 0.05) is 18.8 Å². The Hall–Kier alpha value is -0.700. The van der Waals surface area contributed by atoms with Crippen LogP contribution in [0.15, 0.2) is 6.20 Å². The zero-order valence-corrected chi connectivity index (χ0v) is 11.5. The molecule has 3 unspecified atom stereocenters. The van der Waals surface area contributed by atoms with Crippen LogP contribution >= 0.6 is 11.3 Å². The number of rotatable bonds is 2. The van der Waals surface area contributed by atoms with Gasteiger partial charge in [-0.25, -0.2) is 4.98 Å². The summed E-state index contributed by atoms with van der Waals surface area (Å²) in [6.07, 6.45) is -2.71. The molecule has 2 saturated heterocycles. The largest absolute Gasteiger partial charge is 0.443 e. The number of ether oxygens (including phenoxy) is 1. The van der Waals surface area contributed by atoms with Gasteiger partial charge in [0.2, 0.25) is 0 Å². The Balaban J connectivity index is 1.69. The van der Waals surface area contributed by atoms with E-state index in [-0.39, 0.29) is 4.88 Å². The molecule has 3 atom stereocenters. The van der Waals surface area contributed by atoms with E-state index in [0.29, 0.717) is 30.5 Å². The molecule has 2 fully saturated rings. The first-order valence-corrected chi connectivity index (χ1v) is 7.33. The predicted molar refractivity (Wildman–Crippen MR) is 66.4 cm³/mol. The summed E-state index contributed by atoms with van der Waals surface area (Å²) in [7, 11) is 0. The minimum atomic E-state index is -4.46. The van der Waals surface area contributed by atoms with Gasteiger partial charge in [-0.1, -0.05) is 0 Å². The van der Waals surface area contributed by atoms with Crippen molar-refractivity contribution in [1.82, 2.24) is 9.88 Å². The highest BCUT2D eigenvalue weighted by molar-refractivity contribution is 7.11. The smallest absolute Gasteiger partial charge is 0.385 e. The molecule has 1 aromatic heterocycles. The van der Waals surface area contributed by atoms with Crippen LogP contribution in [0.25, 0.3) is 0 Å². The van der Waals surface area contributed by atoms with Gasteiger partial charge in [0.25, 0.3) is 0 Å². The normalized spacial score (nSPS) is 29.4. The molecule has 0 spiro atoms. The van der Waals surface area contributed by atoms with E-state index in [0.717, 1.165) is 25.6 Å². The van der Waals surface area contributed by atoms with Crippen LogP contribution in [0.3, 0.4) is 0 Å². The highest BCUT2D eigenvalue weighted by Crippen LogP contribution is 2.36. The summed E-state index contributed by atoms with van der Waals surface area (Å²) < 4.78 is 43.1. The van der Waals surface area contributed by atoms with Crippen LogP contribution in [0.4, 0.5) is 13.2 Å². The molecule has 20 heavy (non-hydrogen) atoms. The number of morpholine rings is 1. The Bertz CT molecular complexity index is 480. The van der Waals surface area contributed by atoms with Crippen LogP contribution < -0.4 is 0 Å². The first-order valence-electron chi connectivity index (χ1n) is 6.52. The average molecular weight is 308 g/mol. The Kier molecular flexibility index (Phi) is 3.74. The van der Waals surface area contributed by atoms with Gasteiger partial charge in [-0.3, -0.25) is 4.90 Å². The number of halogens is 3. The standard InChI is InChI=1S/C12H15F3N2O2S/c13-12(14,15)11-16-4-9(20-11)10(18)8-5-17-3-1-2-7(17)6-19-8/h4,7-8,10,18H,1-3,5-6H2. The number of aliphatic hydroxyl groups excluding tert-OH is 1. The average Bonchev–Trinajstić information content (AvgIpc) is 3.05. The Morgan fingerprint density at radius 2 is 2.30 bits per heavy atom. The third-order valence-electron chi connectivity index (χ3n) is 3.83. The Morgan fingerprint density at radius 1 is 1.50 bits per heavy atom. The Labute approximate surface area is 118 Å². The molecule has 0 radical (unpaired) electrons. The fourth-order valence-corrected chi connectivity index (χ4v) is 3.59. The molecule has 2 aliphatic rings. The molecule has 0 saturated carbocycles. The van der Waals surface area contributed by atoms with E-state index < -0.39 is 23.4 Å². The summed E-state index contributed by atoms with van der Waals surface area (Å²) in [5.74, 6) is 0. The zero-order chi connectivity index (χ0) is 14.3. The summed E-state index contributed by atoms with van der Waals surface area (Å²) in [4.78, 5) is 5.78. The number of thiazole rings is 1. The van der Waals surface area contributed by atoms with Crippen molar-refractivity contribution in [3.63, 3.8) is 0 Å². The number of alkyl halides is 3. The van der Waals surface area contributed by atoms with Gasteiger partial charge < -0.3 is 9.84 Å². The molecule has 0 amide bonds. The van der Waals surface area contributed by atoms with Crippen LogP contribution in [0.5, 0.6) is 0 Å². The SMILES string of the molecule is OC(c1cnc(C(F)(F)F)s1)C1CN2CCCC2CO1. The van der Waals surface area contributed by atoms with Crippen LogP contribution in [-0.2, 0) is 10.9 Å². The second kappa shape index (κ2) is 5.25. The lowest BCUT2D eigenvalue weighted by Crippen LogP contribution is -2.48. The molecule has 0 aromatic carbocycles. The molecule has 1 aromatic rings.